The molecule has 2 rings (SSSR count). The van der Waals surface area contributed by atoms with Crippen LogP contribution in [-0.4, -0.2) is 12.6 Å². The molecule has 128 valence electrons. The molecule has 1 fully saturated rings. The standard InChI is InChI=1S/C15H18Cl2O5S/c16-12-9-13(17)14(23-22-21-19)8-11(12)15(18)20-7-6-10-4-2-1-3-5-10/h8-10,19H,1-7H2/p-1. The molecule has 23 heavy (non-hydrogen) atoms. The first-order valence-electron chi connectivity index (χ1n) is 7.41. The van der Waals surface area contributed by atoms with Crippen LogP contribution in [0, 0.1) is 5.92 Å². The van der Waals surface area contributed by atoms with Gasteiger partial charge < -0.3 is 9.99 Å². The van der Waals surface area contributed by atoms with Gasteiger partial charge in [0.1, 0.15) is 0 Å². The van der Waals surface area contributed by atoms with Crippen molar-refractivity contribution in [3.63, 3.8) is 0 Å². The molecule has 1 saturated carbocycles. The molecule has 5 nitrogen and oxygen atoms in total. The van der Waals surface area contributed by atoms with Gasteiger partial charge in [-0.15, -0.1) is 0 Å². The van der Waals surface area contributed by atoms with Gasteiger partial charge in [0.05, 0.1) is 39.2 Å². The van der Waals surface area contributed by atoms with E-state index in [0.29, 0.717) is 29.5 Å². The first-order valence-corrected chi connectivity index (χ1v) is 8.91. The van der Waals surface area contributed by atoms with Crippen LogP contribution in [-0.2, 0) is 14.1 Å². The van der Waals surface area contributed by atoms with Crippen LogP contribution >= 0.6 is 35.2 Å². The summed E-state index contributed by atoms with van der Waals surface area (Å²) in [6.45, 7) is 0.366. The highest BCUT2D eigenvalue weighted by atomic mass is 35.5. The lowest BCUT2D eigenvalue weighted by Gasteiger charge is -2.21. The lowest BCUT2D eigenvalue weighted by molar-refractivity contribution is -0.777. The van der Waals surface area contributed by atoms with Gasteiger partial charge in [-0.25, -0.2) is 4.79 Å². The van der Waals surface area contributed by atoms with Crippen LogP contribution in [0.25, 0.3) is 0 Å². The molecule has 0 N–H and O–H groups in total. The fourth-order valence-electron chi connectivity index (χ4n) is 2.67. The minimum Gasteiger partial charge on any atom is -0.691 e. The quantitative estimate of drug-likeness (QED) is 0.303. The normalized spacial score (nSPS) is 15.6. The maximum Gasteiger partial charge on any atom is 0.339 e. The van der Waals surface area contributed by atoms with E-state index in [1.54, 1.807) is 0 Å². The molecule has 1 aromatic carbocycles. The summed E-state index contributed by atoms with van der Waals surface area (Å²) < 4.78 is 9.52. The number of rotatable bonds is 7. The maximum atomic E-state index is 12.2. The van der Waals surface area contributed by atoms with Crippen molar-refractivity contribution in [1.29, 1.82) is 0 Å². The van der Waals surface area contributed by atoms with E-state index in [1.165, 1.54) is 44.2 Å². The Morgan fingerprint density at radius 1 is 1.22 bits per heavy atom. The number of carbonyl (C=O) groups is 1. The van der Waals surface area contributed by atoms with Crippen LogP contribution in [0.1, 0.15) is 48.9 Å². The molecule has 8 heteroatoms. The van der Waals surface area contributed by atoms with Crippen molar-refractivity contribution in [2.45, 2.75) is 43.4 Å². The Morgan fingerprint density at radius 3 is 2.65 bits per heavy atom. The van der Waals surface area contributed by atoms with Crippen molar-refractivity contribution in [2.75, 3.05) is 6.61 Å². The third-order valence-corrected chi connectivity index (χ3v) is 5.26. The first kappa shape index (κ1) is 18.8. The molecule has 0 aromatic heterocycles. The molecule has 1 aromatic rings. The summed E-state index contributed by atoms with van der Waals surface area (Å²) in [7, 11) is 0. The summed E-state index contributed by atoms with van der Waals surface area (Å²) in [5, 5.41) is 13.6. The highest BCUT2D eigenvalue weighted by molar-refractivity contribution is 7.94. The number of hydrogen-bond donors (Lipinski definition) is 0. The van der Waals surface area contributed by atoms with Gasteiger partial charge in [0.2, 0.25) is 0 Å². The highest BCUT2D eigenvalue weighted by Crippen LogP contribution is 2.33. The number of esters is 1. The summed E-state index contributed by atoms with van der Waals surface area (Å²) in [5.74, 6) is 0.110. The van der Waals surface area contributed by atoms with Gasteiger partial charge in [0, 0.05) is 0 Å². The Labute approximate surface area is 149 Å². The minimum absolute atomic E-state index is 0.178. The molecular formula is C15H17Cl2O5S-. The number of ether oxygens (including phenoxy) is 1. The van der Waals surface area contributed by atoms with Crippen LogP contribution in [0.3, 0.4) is 0 Å². The number of hydrogen-bond acceptors (Lipinski definition) is 6. The summed E-state index contributed by atoms with van der Waals surface area (Å²) in [4.78, 5) is 12.5. The zero-order valence-electron chi connectivity index (χ0n) is 12.4. The van der Waals surface area contributed by atoms with Gasteiger partial charge in [-0.05, 0) is 24.5 Å². The molecule has 0 heterocycles. The molecule has 0 radical (unpaired) electrons. The van der Waals surface area contributed by atoms with E-state index in [1.807, 2.05) is 0 Å². The van der Waals surface area contributed by atoms with E-state index in [2.05, 4.69) is 9.37 Å². The summed E-state index contributed by atoms with van der Waals surface area (Å²) in [6, 6.07) is 2.81. The van der Waals surface area contributed by atoms with E-state index in [0.717, 1.165) is 6.42 Å². The fraction of sp³-hybridized carbons (Fsp3) is 0.533. The van der Waals surface area contributed by atoms with Gasteiger partial charge >= 0.3 is 5.97 Å². The van der Waals surface area contributed by atoms with E-state index < -0.39 is 5.97 Å². The van der Waals surface area contributed by atoms with Gasteiger partial charge in [-0.2, -0.15) is 4.33 Å². The topological polar surface area (TPSA) is 67.8 Å². The summed E-state index contributed by atoms with van der Waals surface area (Å²) in [6.07, 6.45) is 7.07. The Balaban J connectivity index is 1.92. The second kappa shape index (κ2) is 9.71. The van der Waals surface area contributed by atoms with Crippen LogP contribution in [0.2, 0.25) is 10.0 Å². The summed E-state index contributed by atoms with van der Waals surface area (Å²) in [5.41, 5.74) is 0.178. The third kappa shape index (κ3) is 5.81. The van der Waals surface area contributed by atoms with Crippen molar-refractivity contribution in [3.05, 3.63) is 27.7 Å². The first-order chi connectivity index (χ1) is 11.1. The van der Waals surface area contributed by atoms with Crippen molar-refractivity contribution in [3.8, 4) is 0 Å². The van der Waals surface area contributed by atoms with E-state index in [4.69, 9.17) is 27.9 Å². The predicted molar refractivity (Wildman–Crippen MR) is 86.0 cm³/mol. The van der Waals surface area contributed by atoms with Gasteiger partial charge in [0.25, 0.3) is 0 Å². The maximum absolute atomic E-state index is 12.2. The molecule has 0 bridgehead atoms. The van der Waals surface area contributed by atoms with E-state index in [9.17, 15) is 10.1 Å². The van der Waals surface area contributed by atoms with Gasteiger partial charge in [0.15, 0.2) is 0 Å². The fourth-order valence-corrected chi connectivity index (χ4v) is 3.63. The monoisotopic (exact) mass is 379 g/mol. The Hall–Kier alpha value is -0.500. The molecule has 0 spiro atoms. The van der Waals surface area contributed by atoms with Gasteiger partial charge in [-0.1, -0.05) is 55.3 Å². The smallest absolute Gasteiger partial charge is 0.339 e. The van der Waals surface area contributed by atoms with E-state index >= 15 is 0 Å². The average molecular weight is 380 g/mol. The van der Waals surface area contributed by atoms with Crippen molar-refractivity contribution >= 4 is 41.2 Å². The van der Waals surface area contributed by atoms with Crippen LogP contribution < -0.4 is 5.26 Å². The molecule has 1 aliphatic rings. The van der Waals surface area contributed by atoms with Crippen molar-refractivity contribution in [1.82, 2.24) is 0 Å². The lowest BCUT2D eigenvalue weighted by Crippen LogP contribution is -2.13. The van der Waals surface area contributed by atoms with Crippen LogP contribution in [0.4, 0.5) is 0 Å². The predicted octanol–water partition coefficient (Wildman–Crippen LogP) is 4.35. The number of benzene rings is 1. The SMILES string of the molecule is O=C(OCCC1CCCCC1)c1cc(SOO[O-])c(Cl)cc1Cl. The zero-order valence-corrected chi connectivity index (χ0v) is 14.7. The summed E-state index contributed by atoms with van der Waals surface area (Å²) >= 11 is 12.6. The number of carbonyl (C=O) groups excluding carboxylic acids is 1. The molecule has 0 aliphatic heterocycles. The van der Waals surface area contributed by atoms with Gasteiger partial charge in [-0.3, -0.25) is 5.04 Å². The van der Waals surface area contributed by atoms with Crippen LogP contribution in [0.15, 0.2) is 17.0 Å². The minimum atomic E-state index is -0.521. The highest BCUT2D eigenvalue weighted by Gasteiger charge is 2.18. The molecule has 1 aliphatic carbocycles. The third-order valence-electron chi connectivity index (χ3n) is 3.88. The Kier molecular flexibility index (Phi) is 7.95. The lowest BCUT2D eigenvalue weighted by atomic mass is 9.87. The van der Waals surface area contributed by atoms with Crippen molar-refractivity contribution < 1.29 is 24.2 Å². The molecule has 0 amide bonds. The molecular weight excluding hydrogens is 363 g/mol. The molecule has 0 unspecified atom stereocenters. The number of halogens is 2. The zero-order chi connectivity index (χ0) is 16.7. The van der Waals surface area contributed by atoms with E-state index in [-0.39, 0.29) is 15.6 Å². The second-order valence-corrected chi connectivity index (χ2v) is 6.97. The largest absolute Gasteiger partial charge is 0.691 e. The van der Waals surface area contributed by atoms with Crippen molar-refractivity contribution in [2.24, 2.45) is 5.92 Å². The Morgan fingerprint density at radius 2 is 1.96 bits per heavy atom. The average Bonchev–Trinajstić information content (AvgIpc) is 2.55. The Bertz CT molecular complexity index is 535. The molecule has 0 saturated heterocycles. The van der Waals surface area contributed by atoms with Crippen LogP contribution in [0.5, 0.6) is 0 Å². The second-order valence-electron chi connectivity index (χ2n) is 5.41. The molecule has 0 atom stereocenters.